The van der Waals surface area contributed by atoms with Crippen molar-refractivity contribution in [2.24, 2.45) is 0 Å². The number of hydrogen-bond acceptors (Lipinski definition) is 3. The predicted octanol–water partition coefficient (Wildman–Crippen LogP) is 3.52. The Morgan fingerprint density at radius 1 is 0.913 bits per heavy atom. The van der Waals surface area contributed by atoms with Gasteiger partial charge in [0, 0.05) is 17.2 Å². The third-order valence-corrected chi connectivity index (χ3v) is 3.84. The average molecular weight is 314 g/mol. The molecular weight excluding hydrogens is 288 g/mol. The Morgan fingerprint density at radius 2 is 1.39 bits per heavy atom. The Labute approximate surface area is 137 Å². The maximum absolute atomic E-state index is 10.7. The molecule has 0 amide bonds. The van der Waals surface area contributed by atoms with E-state index in [0.717, 1.165) is 16.7 Å². The molecule has 0 unspecified atom stereocenters. The Morgan fingerprint density at radius 3 is 1.74 bits per heavy atom. The molecule has 0 radical (unpaired) electrons. The van der Waals surface area contributed by atoms with Crippen molar-refractivity contribution in [2.75, 3.05) is 0 Å². The number of furan rings is 1. The van der Waals surface area contributed by atoms with Gasteiger partial charge in [-0.05, 0) is 34.6 Å². The topological polar surface area (TPSA) is 53.6 Å². The van der Waals surface area contributed by atoms with Crippen LogP contribution in [0.1, 0.15) is 58.2 Å². The fourth-order valence-electron chi connectivity index (χ4n) is 2.58. The van der Waals surface area contributed by atoms with Gasteiger partial charge in [-0.3, -0.25) is 0 Å². The first-order chi connectivity index (χ1) is 10.4. The van der Waals surface area contributed by atoms with Crippen molar-refractivity contribution in [1.82, 2.24) is 0 Å². The Bertz CT molecular complexity index is 792. The van der Waals surface area contributed by atoms with E-state index in [1.165, 1.54) is 6.07 Å². The van der Waals surface area contributed by atoms with E-state index in [4.69, 9.17) is 4.42 Å². The van der Waals surface area contributed by atoms with E-state index in [-0.39, 0.29) is 16.6 Å². The van der Waals surface area contributed by atoms with E-state index >= 15 is 0 Å². The first-order valence-corrected chi connectivity index (χ1v) is 7.77. The fourth-order valence-corrected chi connectivity index (χ4v) is 2.58. The van der Waals surface area contributed by atoms with Gasteiger partial charge in [-0.25, -0.2) is 0 Å². The molecular formula is C20H26O3. The van der Waals surface area contributed by atoms with Crippen LogP contribution in [0.2, 0.25) is 0 Å². The highest BCUT2D eigenvalue weighted by atomic mass is 16.4. The van der Waals surface area contributed by atoms with Crippen LogP contribution in [0.15, 0.2) is 22.6 Å². The molecule has 0 spiro atoms. The summed E-state index contributed by atoms with van der Waals surface area (Å²) in [4.78, 5) is 0. The lowest BCUT2D eigenvalue weighted by Crippen LogP contribution is -2.17. The number of aromatic hydroxyl groups is 2. The zero-order chi connectivity index (χ0) is 17.6. The fraction of sp³-hybridized carbons (Fsp3) is 0.400. The number of benzene rings is 1. The van der Waals surface area contributed by atoms with Gasteiger partial charge in [-0.15, -0.1) is 0 Å². The van der Waals surface area contributed by atoms with Crippen molar-refractivity contribution in [2.45, 2.75) is 52.4 Å². The largest absolute Gasteiger partial charge is 0.507 e. The van der Waals surface area contributed by atoms with Crippen molar-refractivity contribution in [3.63, 3.8) is 0 Å². The third kappa shape index (κ3) is 3.61. The maximum atomic E-state index is 10.7. The van der Waals surface area contributed by atoms with Gasteiger partial charge >= 0.3 is 0 Å². The Kier molecular flexibility index (Phi) is 4.10. The SMILES string of the molecule is C=c1cc(O)c(=Cc2cc(C(C)(C)C)c(O)c(C(C)(C)C)c2)o1. The average Bonchev–Trinajstić information content (AvgIpc) is 2.67. The number of phenolic OH excluding ortho intramolecular Hbond substituents is 1. The van der Waals surface area contributed by atoms with E-state index < -0.39 is 0 Å². The molecule has 1 heterocycles. The van der Waals surface area contributed by atoms with Crippen molar-refractivity contribution < 1.29 is 14.6 Å². The predicted molar refractivity (Wildman–Crippen MR) is 94.2 cm³/mol. The molecule has 1 aromatic heterocycles. The minimum Gasteiger partial charge on any atom is -0.507 e. The lowest BCUT2D eigenvalue weighted by molar-refractivity contribution is 0.423. The summed E-state index contributed by atoms with van der Waals surface area (Å²) in [5.41, 5.74) is 3.02. The molecule has 0 aliphatic heterocycles. The van der Waals surface area contributed by atoms with E-state index in [2.05, 4.69) is 48.1 Å². The first kappa shape index (κ1) is 17.2. The highest BCUT2D eigenvalue weighted by Gasteiger charge is 2.26. The lowest BCUT2D eigenvalue weighted by atomic mass is 9.78. The molecule has 1 aromatic carbocycles. The second-order valence-electron chi connectivity index (χ2n) is 8.07. The normalized spacial score (nSPS) is 13.6. The smallest absolute Gasteiger partial charge is 0.169 e. The Hall–Kier alpha value is -2.16. The minimum absolute atomic E-state index is 0.0673. The summed E-state index contributed by atoms with van der Waals surface area (Å²) in [6.45, 7) is 16.1. The van der Waals surface area contributed by atoms with Crippen molar-refractivity contribution in [3.05, 3.63) is 45.7 Å². The summed E-state index contributed by atoms with van der Waals surface area (Å²) in [6.07, 6.45) is 1.77. The molecule has 3 nitrogen and oxygen atoms in total. The van der Waals surface area contributed by atoms with E-state index in [1.54, 1.807) is 6.08 Å². The van der Waals surface area contributed by atoms with E-state index in [9.17, 15) is 10.2 Å². The number of hydrogen-bond donors (Lipinski definition) is 2. The summed E-state index contributed by atoms with van der Waals surface area (Å²) < 4.78 is 5.42. The molecule has 0 atom stereocenters. The molecule has 0 fully saturated rings. The summed E-state index contributed by atoms with van der Waals surface area (Å²) >= 11 is 0. The van der Waals surface area contributed by atoms with Crippen LogP contribution < -0.4 is 10.8 Å². The summed E-state index contributed by atoms with van der Waals surface area (Å²) in [7, 11) is 0. The van der Waals surface area contributed by atoms with E-state index in [1.807, 2.05) is 12.1 Å². The van der Waals surface area contributed by atoms with Crippen molar-refractivity contribution >= 4 is 12.7 Å². The Balaban J connectivity index is 2.78. The van der Waals surface area contributed by atoms with Crippen LogP contribution in [0.4, 0.5) is 0 Å². The molecule has 2 N–H and O–H groups in total. The molecule has 2 rings (SSSR count). The zero-order valence-electron chi connectivity index (χ0n) is 14.8. The van der Waals surface area contributed by atoms with Gasteiger partial charge in [0.05, 0.1) is 0 Å². The zero-order valence-corrected chi connectivity index (χ0v) is 14.8. The van der Waals surface area contributed by atoms with E-state index in [0.29, 0.717) is 16.6 Å². The van der Waals surface area contributed by atoms with Gasteiger partial charge in [0.1, 0.15) is 11.2 Å². The quantitative estimate of drug-likeness (QED) is 0.847. The lowest BCUT2D eigenvalue weighted by Gasteiger charge is -2.27. The first-order valence-electron chi connectivity index (χ1n) is 7.77. The minimum atomic E-state index is -0.198. The molecule has 124 valence electrons. The van der Waals surface area contributed by atoms with Gasteiger partial charge in [-0.1, -0.05) is 48.1 Å². The van der Waals surface area contributed by atoms with Gasteiger partial charge in [0.25, 0.3) is 0 Å². The van der Waals surface area contributed by atoms with Gasteiger partial charge in [-0.2, -0.15) is 0 Å². The van der Waals surface area contributed by atoms with Crippen LogP contribution in [0.25, 0.3) is 12.7 Å². The molecule has 0 aliphatic carbocycles. The van der Waals surface area contributed by atoms with Crippen LogP contribution in [-0.4, -0.2) is 10.2 Å². The summed E-state index contributed by atoms with van der Waals surface area (Å²) in [5, 5.41) is 20.6. The third-order valence-electron chi connectivity index (χ3n) is 3.84. The van der Waals surface area contributed by atoms with Crippen molar-refractivity contribution in [1.29, 1.82) is 0 Å². The molecule has 23 heavy (non-hydrogen) atoms. The molecule has 2 aromatic rings. The molecule has 0 bridgehead atoms. The van der Waals surface area contributed by atoms with Gasteiger partial charge in [0.15, 0.2) is 11.2 Å². The maximum Gasteiger partial charge on any atom is 0.169 e. The van der Waals surface area contributed by atoms with Crippen LogP contribution in [0.3, 0.4) is 0 Å². The highest BCUT2D eigenvalue weighted by Crippen LogP contribution is 2.39. The monoisotopic (exact) mass is 314 g/mol. The summed E-state index contributed by atoms with van der Waals surface area (Å²) in [5.74, 6) is 0.404. The highest BCUT2D eigenvalue weighted by molar-refractivity contribution is 5.59. The molecule has 3 heteroatoms. The van der Waals surface area contributed by atoms with Crippen LogP contribution >= 0.6 is 0 Å². The van der Waals surface area contributed by atoms with Gasteiger partial charge in [0.2, 0.25) is 0 Å². The van der Waals surface area contributed by atoms with Crippen LogP contribution in [-0.2, 0) is 10.8 Å². The molecule has 0 saturated carbocycles. The van der Waals surface area contributed by atoms with Crippen LogP contribution in [0.5, 0.6) is 11.5 Å². The molecule has 0 saturated heterocycles. The summed E-state index contributed by atoms with van der Waals surface area (Å²) in [6, 6.07) is 5.37. The number of phenols is 1. The second kappa shape index (κ2) is 5.48. The standard InChI is InChI=1S/C20H26O3/c1-12-8-16(21)17(23-12)11-13-9-14(19(2,3)4)18(22)15(10-13)20(5,6)7/h8-11,21-22H,1H2,2-7H3. The number of rotatable bonds is 1. The van der Waals surface area contributed by atoms with Gasteiger partial charge < -0.3 is 14.6 Å². The van der Waals surface area contributed by atoms with Crippen molar-refractivity contribution in [3.8, 4) is 11.5 Å². The van der Waals surface area contributed by atoms with Crippen LogP contribution in [0, 0.1) is 0 Å². The molecule has 0 aliphatic rings. The second-order valence-corrected chi connectivity index (χ2v) is 8.07.